The number of amides is 1. The fourth-order valence-corrected chi connectivity index (χ4v) is 5.54. The van der Waals surface area contributed by atoms with Gasteiger partial charge in [-0.15, -0.1) is 0 Å². The minimum atomic E-state index is -3.57. The lowest BCUT2D eigenvalue weighted by Gasteiger charge is -2.26. The number of fused-ring (bicyclic) bond motifs is 1. The topological polar surface area (TPSA) is 96.8 Å². The van der Waals surface area contributed by atoms with Gasteiger partial charge in [-0.2, -0.15) is 4.31 Å². The molecule has 4 rings (SSSR count). The minimum Gasteiger partial charge on any atom is -0.379 e. The van der Waals surface area contributed by atoms with E-state index < -0.39 is 10.0 Å². The molecular formula is C22H33N5O4S. The lowest BCUT2D eigenvalue weighted by Crippen LogP contribution is -2.41. The molecule has 176 valence electrons. The number of carbonyl (C=O) groups is 1. The van der Waals surface area contributed by atoms with Crippen LogP contribution in [0.3, 0.4) is 0 Å². The molecule has 1 N–H and O–H groups in total. The molecule has 0 radical (unpaired) electrons. The Kier molecular flexibility index (Phi) is 6.85. The molecule has 1 saturated heterocycles. The van der Waals surface area contributed by atoms with E-state index in [0.29, 0.717) is 63.3 Å². The lowest BCUT2D eigenvalue weighted by molar-refractivity contribution is -0.121. The Morgan fingerprint density at radius 3 is 2.72 bits per heavy atom. The van der Waals surface area contributed by atoms with Crippen LogP contribution in [0.2, 0.25) is 0 Å². The van der Waals surface area contributed by atoms with Gasteiger partial charge in [-0.25, -0.2) is 13.4 Å². The number of rotatable bonds is 9. The number of hydrogen-bond donors (Lipinski definition) is 1. The van der Waals surface area contributed by atoms with Gasteiger partial charge in [-0.1, -0.05) is 0 Å². The Bertz CT molecular complexity index is 1070. The number of aryl methyl sites for hydroxylation is 2. The van der Waals surface area contributed by atoms with Crippen molar-refractivity contribution in [2.75, 3.05) is 39.9 Å². The second-order valence-corrected chi connectivity index (χ2v) is 10.7. The van der Waals surface area contributed by atoms with E-state index in [2.05, 4.69) is 29.2 Å². The Morgan fingerprint density at radius 1 is 1.31 bits per heavy atom. The minimum absolute atomic E-state index is 0.00341. The maximum Gasteiger partial charge on any atom is 0.243 e. The molecular weight excluding hydrogens is 430 g/mol. The molecule has 1 aromatic heterocycles. The predicted octanol–water partition coefficient (Wildman–Crippen LogP) is 1.13. The third-order valence-electron chi connectivity index (χ3n) is 6.54. The molecule has 9 nitrogen and oxygen atoms in total. The van der Waals surface area contributed by atoms with E-state index in [4.69, 9.17) is 4.74 Å². The molecule has 1 amide bonds. The number of carbonyl (C=O) groups excluding carboxylic acids is 1. The Morgan fingerprint density at radius 2 is 2.03 bits per heavy atom. The van der Waals surface area contributed by atoms with Crippen molar-refractivity contribution in [3.63, 3.8) is 0 Å². The molecule has 1 atom stereocenters. The monoisotopic (exact) mass is 463 g/mol. The summed E-state index contributed by atoms with van der Waals surface area (Å²) in [7, 11) is 0.436. The first-order valence-corrected chi connectivity index (χ1v) is 12.7. The Balaban J connectivity index is 1.39. The average Bonchev–Trinajstić information content (AvgIpc) is 3.60. The van der Waals surface area contributed by atoms with Crippen molar-refractivity contribution in [2.24, 2.45) is 7.05 Å². The second-order valence-electron chi connectivity index (χ2n) is 8.80. The summed E-state index contributed by atoms with van der Waals surface area (Å²) in [5.74, 6) is 0.767. The van der Waals surface area contributed by atoms with E-state index >= 15 is 0 Å². The van der Waals surface area contributed by atoms with Crippen LogP contribution in [0.5, 0.6) is 0 Å². The van der Waals surface area contributed by atoms with Crippen molar-refractivity contribution in [1.29, 1.82) is 0 Å². The number of sulfonamides is 1. The highest BCUT2D eigenvalue weighted by molar-refractivity contribution is 7.89. The van der Waals surface area contributed by atoms with E-state index in [1.54, 1.807) is 18.2 Å². The second kappa shape index (κ2) is 9.46. The van der Waals surface area contributed by atoms with Crippen molar-refractivity contribution in [3.8, 4) is 0 Å². The Hall–Kier alpha value is -2.01. The number of likely N-dealkylation sites (N-methyl/N-ethyl adjacent to an activating group) is 1. The van der Waals surface area contributed by atoms with Crippen LogP contribution in [0.25, 0.3) is 11.0 Å². The van der Waals surface area contributed by atoms with Gasteiger partial charge in [0.15, 0.2) is 0 Å². The van der Waals surface area contributed by atoms with Gasteiger partial charge in [-0.05, 0) is 45.0 Å². The van der Waals surface area contributed by atoms with Crippen LogP contribution in [0.4, 0.5) is 0 Å². The summed E-state index contributed by atoms with van der Waals surface area (Å²) < 4.78 is 34.5. The molecule has 32 heavy (non-hydrogen) atoms. The molecule has 2 aliphatic rings. The van der Waals surface area contributed by atoms with Crippen LogP contribution in [0.15, 0.2) is 23.1 Å². The molecule has 0 bridgehead atoms. The first-order chi connectivity index (χ1) is 15.3. The van der Waals surface area contributed by atoms with Gasteiger partial charge < -0.3 is 14.6 Å². The third-order valence-corrected chi connectivity index (χ3v) is 8.44. The molecule has 2 aromatic rings. The molecule has 1 aliphatic carbocycles. The Labute approximate surface area is 189 Å². The zero-order chi connectivity index (χ0) is 22.9. The summed E-state index contributed by atoms with van der Waals surface area (Å²) in [4.78, 5) is 19.5. The first-order valence-electron chi connectivity index (χ1n) is 11.3. The molecule has 2 heterocycles. The van der Waals surface area contributed by atoms with Gasteiger partial charge in [0, 0.05) is 51.6 Å². The van der Waals surface area contributed by atoms with E-state index in [1.807, 2.05) is 11.6 Å². The number of nitrogens with one attached hydrogen (secondary N) is 1. The van der Waals surface area contributed by atoms with E-state index in [9.17, 15) is 13.2 Å². The zero-order valence-corrected chi connectivity index (χ0v) is 19.9. The van der Waals surface area contributed by atoms with E-state index in [-0.39, 0.29) is 10.8 Å². The maximum absolute atomic E-state index is 12.9. The number of ether oxygens (including phenoxy) is 1. The SMILES string of the molecule is CC(CNC(=O)CCc1nc2cc(S(=O)(=O)N3CCOCC3)ccc2n1C)N(C)C1CC1. The van der Waals surface area contributed by atoms with Gasteiger partial charge in [0.25, 0.3) is 0 Å². The molecule has 0 spiro atoms. The van der Waals surface area contributed by atoms with Crippen LogP contribution in [0.1, 0.15) is 32.0 Å². The zero-order valence-electron chi connectivity index (χ0n) is 19.1. The van der Waals surface area contributed by atoms with E-state index in [0.717, 1.165) is 11.3 Å². The summed E-state index contributed by atoms with van der Waals surface area (Å²) in [6.07, 6.45) is 3.33. The molecule has 1 unspecified atom stereocenters. The smallest absolute Gasteiger partial charge is 0.243 e. The quantitative estimate of drug-likeness (QED) is 0.599. The van der Waals surface area contributed by atoms with Gasteiger partial charge in [0.2, 0.25) is 15.9 Å². The van der Waals surface area contributed by atoms with E-state index in [1.165, 1.54) is 17.1 Å². The van der Waals surface area contributed by atoms with Crippen LogP contribution >= 0.6 is 0 Å². The summed E-state index contributed by atoms with van der Waals surface area (Å²) in [6, 6.07) is 6.02. The highest BCUT2D eigenvalue weighted by Gasteiger charge is 2.29. The largest absolute Gasteiger partial charge is 0.379 e. The molecule has 2 fully saturated rings. The molecule has 1 aliphatic heterocycles. The fourth-order valence-electron chi connectivity index (χ4n) is 4.11. The third kappa shape index (κ3) is 4.98. The van der Waals surface area contributed by atoms with Crippen LogP contribution in [-0.4, -0.2) is 85.1 Å². The van der Waals surface area contributed by atoms with Crippen molar-refractivity contribution in [2.45, 2.75) is 49.6 Å². The molecule has 1 aromatic carbocycles. The van der Waals surface area contributed by atoms with Gasteiger partial charge in [0.05, 0.1) is 29.1 Å². The van der Waals surface area contributed by atoms with Gasteiger partial charge in [0.1, 0.15) is 5.82 Å². The van der Waals surface area contributed by atoms with Crippen LogP contribution in [-0.2, 0) is 33.0 Å². The molecule has 1 saturated carbocycles. The van der Waals surface area contributed by atoms with Crippen molar-refractivity contribution >= 4 is 27.0 Å². The first kappa shape index (κ1) is 23.2. The van der Waals surface area contributed by atoms with Gasteiger partial charge in [-0.3, -0.25) is 9.69 Å². The molecule has 10 heteroatoms. The summed E-state index contributed by atoms with van der Waals surface area (Å²) in [6.45, 7) is 4.31. The van der Waals surface area contributed by atoms with Crippen LogP contribution in [0, 0.1) is 0 Å². The number of nitrogens with zero attached hydrogens (tertiary/aromatic N) is 4. The fraction of sp³-hybridized carbons (Fsp3) is 0.636. The average molecular weight is 464 g/mol. The number of imidazole rings is 1. The van der Waals surface area contributed by atoms with Gasteiger partial charge >= 0.3 is 0 Å². The number of aromatic nitrogens is 2. The standard InChI is InChI=1S/C22H33N5O4S/c1-16(25(2)17-4-5-17)15-23-22(28)9-8-21-24-19-14-18(6-7-20(19)26(21)3)32(29,30)27-10-12-31-13-11-27/h6-7,14,16-17H,4-5,8-13,15H2,1-3H3,(H,23,28). The summed E-state index contributed by atoms with van der Waals surface area (Å²) >= 11 is 0. The van der Waals surface area contributed by atoms with Crippen molar-refractivity contribution in [1.82, 2.24) is 24.1 Å². The maximum atomic E-state index is 12.9. The predicted molar refractivity (Wildman–Crippen MR) is 122 cm³/mol. The number of morpholine rings is 1. The highest BCUT2D eigenvalue weighted by atomic mass is 32.2. The summed E-state index contributed by atoms with van der Waals surface area (Å²) in [5, 5.41) is 3.02. The lowest BCUT2D eigenvalue weighted by atomic mass is 10.2. The number of hydrogen-bond acceptors (Lipinski definition) is 6. The van der Waals surface area contributed by atoms with Crippen molar-refractivity contribution < 1.29 is 17.9 Å². The highest BCUT2D eigenvalue weighted by Crippen LogP contribution is 2.27. The number of benzene rings is 1. The normalized spacial score (nSPS) is 18.9. The summed E-state index contributed by atoms with van der Waals surface area (Å²) in [5.41, 5.74) is 1.47. The van der Waals surface area contributed by atoms with Crippen LogP contribution < -0.4 is 5.32 Å². The van der Waals surface area contributed by atoms with Crippen molar-refractivity contribution in [3.05, 3.63) is 24.0 Å².